The highest BCUT2D eigenvalue weighted by atomic mass is 32.2. The Hall–Kier alpha value is -3.46. The molecule has 0 saturated heterocycles. The summed E-state index contributed by atoms with van der Waals surface area (Å²) in [5.74, 6) is -0.457. The zero-order chi connectivity index (χ0) is 20.9. The number of hydrogen-bond acceptors (Lipinski definition) is 5. The summed E-state index contributed by atoms with van der Waals surface area (Å²) in [6, 6.07) is 18.6. The summed E-state index contributed by atoms with van der Waals surface area (Å²) in [4.78, 5) is 24.4. The Morgan fingerprint density at radius 3 is 2.28 bits per heavy atom. The summed E-state index contributed by atoms with van der Waals surface area (Å²) >= 11 is 0. The van der Waals surface area contributed by atoms with Crippen LogP contribution in [0.25, 0.3) is 11.3 Å². The van der Waals surface area contributed by atoms with Crippen molar-refractivity contribution in [3.05, 3.63) is 77.1 Å². The van der Waals surface area contributed by atoms with Gasteiger partial charge < -0.3 is 5.32 Å². The van der Waals surface area contributed by atoms with Crippen LogP contribution in [0.15, 0.2) is 71.5 Å². The minimum absolute atomic E-state index is 0.0325. The van der Waals surface area contributed by atoms with Crippen LogP contribution >= 0.6 is 0 Å². The summed E-state index contributed by atoms with van der Waals surface area (Å²) in [6.07, 6.45) is 0. The van der Waals surface area contributed by atoms with Gasteiger partial charge in [0.25, 0.3) is 5.56 Å². The van der Waals surface area contributed by atoms with Crippen molar-refractivity contribution < 1.29 is 13.2 Å². The van der Waals surface area contributed by atoms with Gasteiger partial charge >= 0.3 is 0 Å². The quantitative estimate of drug-likeness (QED) is 0.619. The van der Waals surface area contributed by atoms with Gasteiger partial charge in [0.2, 0.25) is 15.9 Å². The third-order valence-electron chi connectivity index (χ3n) is 4.05. The Balaban J connectivity index is 1.69. The molecule has 2 aromatic carbocycles. The Kier molecular flexibility index (Phi) is 6.08. The number of nitrogens with one attached hydrogen (secondary N) is 2. The first kappa shape index (κ1) is 20.3. The van der Waals surface area contributed by atoms with Gasteiger partial charge in [-0.15, -0.1) is 0 Å². The number of benzene rings is 2. The number of nitrogens with zero attached hydrogens (tertiary/aromatic N) is 2. The highest BCUT2D eigenvalue weighted by Crippen LogP contribution is 2.16. The number of carbonyl (C=O) groups excluding carboxylic acids is 1. The van der Waals surface area contributed by atoms with Crippen molar-refractivity contribution in [1.82, 2.24) is 9.78 Å². The van der Waals surface area contributed by atoms with E-state index in [0.717, 1.165) is 10.2 Å². The minimum atomic E-state index is -3.36. The van der Waals surface area contributed by atoms with Crippen LogP contribution in [-0.4, -0.2) is 29.9 Å². The molecular weight excluding hydrogens is 392 g/mol. The monoisotopic (exact) mass is 412 g/mol. The standard InChI is InChI=1S/C20H20N4O4S/c1-2-29(27,28)23-17-10-8-16(9-11-17)21-19(25)14-24-20(26)13-12-18(22-24)15-6-4-3-5-7-15/h3-13,23H,2,14H2,1H3,(H,21,25). The smallest absolute Gasteiger partial charge is 0.267 e. The number of sulfonamides is 1. The predicted octanol–water partition coefficient (Wildman–Crippen LogP) is 2.31. The molecule has 0 radical (unpaired) electrons. The molecule has 0 aliphatic carbocycles. The average Bonchev–Trinajstić information content (AvgIpc) is 2.71. The van der Waals surface area contributed by atoms with Gasteiger partial charge in [0, 0.05) is 23.0 Å². The van der Waals surface area contributed by atoms with Crippen molar-refractivity contribution in [1.29, 1.82) is 0 Å². The summed E-state index contributed by atoms with van der Waals surface area (Å²) < 4.78 is 26.7. The molecule has 29 heavy (non-hydrogen) atoms. The van der Waals surface area contributed by atoms with Crippen LogP contribution in [0.5, 0.6) is 0 Å². The fourth-order valence-electron chi connectivity index (χ4n) is 2.53. The first-order chi connectivity index (χ1) is 13.9. The average molecular weight is 412 g/mol. The van der Waals surface area contributed by atoms with Crippen molar-refractivity contribution in [2.24, 2.45) is 0 Å². The maximum absolute atomic E-state index is 12.3. The number of amides is 1. The third kappa shape index (κ3) is 5.52. The van der Waals surface area contributed by atoms with Gasteiger partial charge in [-0.3, -0.25) is 14.3 Å². The summed E-state index contributed by atoms with van der Waals surface area (Å²) in [5, 5.41) is 6.92. The Labute approximate surface area is 168 Å². The van der Waals surface area contributed by atoms with Gasteiger partial charge in [-0.05, 0) is 37.3 Å². The van der Waals surface area contributed by atoms with E-state index in [1.165, 1.54) is 6.07 Å². The number of carbonyl (C=O) groups is 1. The topological polar surface area (TPSA) is 110 Å². The molecule has 2 N–H and O–H groups in total. The fourth-order valence-corrected chi connectivity index (χ4v) is 3.17. The molecule has 0 aliphatic rings. The molecule has 0 saturated carbocycles. The lowest BCUT2D eigenvalue weighted by molar-refractivity contribution is -0.117. The van der Waals surface area contributed by atoms with Crippen LogP contribution in [0, 0.1) is 0 Å². The first-order valence-corrected chi connectivity index (χ1v) is 10.6. The predicted molar refractivity (Wildman–Crippen MR) is 112 cm³/mol. The Morgan fingerprint density at radius 1 is 0.966 bits per heavy atom. The van der Waals surface area contributed by atoms with Crippen molar-refractivity contribution in [2.75, 3.05) is 15.8 Å². The lowest BCUT2D eigenvalue weighted by Crippen LogP contribution is -2.29. The van der Waals surface area contributed by atoms with Gasteiger partial charge in [0.15, 0.2) is 0 Å². The molecule has 150 valence electrons. The molecule has 1 heterocycles. The van der Waals surface area contributed by atoms with Crippen LogP contribution in [0.2, 0.25) is 0 Å². The molecule has 0 fully saturated rings. The van der Waals surface area contributed by atoms with Crippen molar-refractivity contribution >= 4 is 27.3 Å². The van der Waals surface area contributed by atoms with E-state index < -0.39 is 15.9 Å². The SMILES string of the molecule is CCS(=O)(=O)Nc1ccc(NC(=O)Cn2nc(-c3ccccc3)ccc2=O)cc1. The molecule has 0 bridgehead atoms. The fraction of sp³-hybridized carbons (Fsp3) is 0.150. The van der Waals surface area contributed by atoms with E-state index in [2.05, 4.69) is 15.1 Å². The van der Waals surface area contributed by atoms with Gasteiger partial charge in [-0.2, -0.15) is 5.10 Å². The van der Waals surface area contributed by atoms with E-state index in [1.807, 2.05) is 30.3 Å². The highest BCUT2D eigenvalue weighted by molar-refractivity contribution is 7.92. The van der Waals surface area contributed by atoms with Crippen LogP contribution in [0.1, 0.15) is 6.92 Å². The molecule has 3 rings (SSSR count). The van der Waals surface area contributed by atoms with Gasteiger partial charge in [0.1, 0.15) is 6.54 Å². The molecule has 9 heteroatoms. The van der Waals surface area contributed by atoms with Gasteiger partial charge in [-0.1, -0.05) is 30.3 Å². The molecular formula is C20H20N4O4S. The van der Waals surface area contributed by atoms with Crippen molar-refractivity contribution in [3.8, 4) is 11.3 Å². The van der Waals surface area contributed by atoms with Crippen LogP contribution in [0.3, 0.4) is 0 Å². The maximum Gasteiger partial charge on any atom is 0.267 e. The number of rotatable bonds is 7. The van der Waals surface area contributed by atoms with E-state index in [4.69, 9.17) is 0 Å². The van der Waals surface area contributed by atoms with Crippen LogP contribution in [0.4, 0.5) is 11.4 Å². The van der Waals surface area contributed by atoms with E-state index >= 15 is 0 Å². The molecule has 1 aromatic heterocycles. The molecule has 8 nitrogen and oxygen atoms in total. The highest BCUT2D eigenvalue weighted by Gasteiger charge is 2.10. The molecule has 0 spiro atoms. The summed E-state index contributed by atoms with van der Waals surface area (Å²) in [6.45, 7) is 1.30. The Morgan fingerprint density at radius 2 is 1.62 bits per heavy atom. The van der Waals surface area contributed by atoms with Crippen molar-refractivity contribution in [2.45, 2.75) is 13.5 Å². The van der Waals surface area contributed by atoms with Gasteiger partial charge in [0.05, 0.1) is 11.4 Å². The number of hydrogen-bond donors (Lipinski definition) is 2. The van der Waals surface area contributed by atoms with Gasteiger partial charge in [-0.25, -0.2) is 13.1 Å². The summed E-state index contributed by atoms with van der Waals surface area (Å²) in [7, 11) is -3.36. The van der Waals surface area contributed by atoms with E-state index in [0.29, 0.717) is 17.1 Å². The Bertz CT molecular complexity index is 1160. The normalized spacial score (nSPS) is 11.1. The van der Waals surface area contributed by atoms with E-state index in [9.17, 15) is 18.0 Å². The van der Waals surface area contributed by atoms with E-state index in [-0.39, 0.29) is 17.9 Å². The lowest BCUT2D eigenvalue weighted by atomic mass is 10.1. The zero-order valence-electron chi connectivity index (χ0n) is 15.7. The molecule has 1 amide bonds. The maximum atomic E-state index is 12.3. The van der Waals surface area contributed by atoms with Crippen LogP contribution < -0.4 is 15.6 Å². The molecule has 0 unspecified atom stereocenters. The minimum Gasteiger partial charge on any atom is -0.324 e. The second-order valence-corrected chi connectivity index (χ2v) is 8.22. The second-order valence-electron chi connectivity index (χ2n) is 6.21. The number of anilines is 2. The third-order valence-corrected chi connectivity index (χ3v) is 5.36. The van der Waals surface area contributed by atoms with Crippen molar-refractivity contribution in [3.63, 3.8) is 0 Å². The molecule has 0 atom stereocenters. The molecule has 3 aromatic rings. The number of aromatic nitrogens is 2. The second kappa shape index (κ2) is 8.70. The zero-order valence-corrected chi connectivity index (χ0v) is 16.5. The lowest BCUT2D eigenvalue weighted by Gasteiger charge is -2.10. The van der Waals surface area contributed by atoms with Crippen LogP contribution in [-0.2, 0) is 21.4 Å². The summed E-state index contributed by atoms with van der Waals surface area (Å²) in [5.41, 5.74) is 1.92. The van der Waals surface area contributed by atoms with E-state index in [1.54, 1.807) is 37.3 Å². The largest absolute Gasteiger partial charge is 0.324 e. The molecule has 0 aliphatic heterocycles. The first-order valence-electron chi connectivity index (χ1n) is 8.90.